The van der Waals surface area contributed by atoms with Crippen LogP contribution in [-0.4, -0.2) is 12.1 Å². The predicted octanol–water partition coefficient (Wildman–Crippen LogP) is 1.01. The average Bonchev–Trinajstić information content (AvgIpc) is 1.63. The zero-order valence-electron chi connectivity index (χ0n) is 6.13. The normalized spacial score (nSPS) is 13.6. The van der Waals surface area contributed by atoms with E-state index in [1.165, 1.54) is 0 Å². The Morgan fingerprint density at radius 1 is 1.56 bits per heavy atom. The van der Waals surface area contributed by atoms with Crippen LogP contribution < -0.4 is 5.73 Å². The summed E-state index contributed by atoms with van der Waals surface area (Å²) in [6.45, 7) is 5.77. The number of rotatable bonds is 2. The number of nitrogens with zero attached hydrogens (tertiary/aromatic N) is 2. The van der Waals surface area contributed by atoms with Gasteiger partial charge in [0.15, 0.2) is 0 Å². The van der Waals surface area contributed by atoms with Crippen molar-refractivity contribution in [1.29, 1.82) is 0 Å². The molecule has 0 radical (unpaired) electrons. The third-order valence-corrected chi connectivity index (χ3v) is 0.580. The maximum absolute atomic E-state index is 5.21. The van der Waals surface area contributed by atoms with Crippen molar-refractivity contribution in [3.05, 3.63) is 0 Å². The first kappa shape index (κ1) is 8.14. The maximum atomic E-state index is 5.21. The summed E-state index contributed by atoms with van der Waals surface area (Å²) in [6, 6.07) is 0. The summed E-state index contributed by atoms with van der Waals surface area (Å²) in [5, 5.41) is 7.34. The molecular weight excluding hydrogens is 114 g/mol. The molecule has 0 unspecified atom stereocenters. The highest BCUT2D eigenvalue weighted by Gasteiger charge is 1.81. The highest BCUT2D eigenvalue weighted by molar-refractivity contribution is 5.77. The second-order valence-electron chi connectivity index (χ2n) is 2.25. The van der Waals surface area contributed by atoms with Gasteiger partial charge in [0.2, 0.25) is 0 Å². The van der Waals surface area contributed by atoms with Gasteiger partial charge in [0.05, 0.1) is 0 Å². The molecular formula is C6H13N3. The molecule has 0 aromatic carbocycles. The smallest absolute Gasteiger partial charge is 0.119 e. The van der Waals surface area contributed by atoms with Crippen LogP contribution >= 0.6 is 0 Å². The molecule has 0 rings (SSSR count). The summed E-state index contributed by atoms with van der Waals surface area (Å²) in [6.07, 6.45) is 1.75. The molecule has 0 aliphatic heterocycles. The predicted molar refractivity (Wildman–Crippen MR) is 40.6 cm³/mol. The summed E-state index contributed by atoms with van der Waals surface area (Å²) < 4.78 is 0. The van der Waals surface area contributed by atoms with E-state index in [1.807, 2.05) is 13.8 Å². The van der Waals surface area contributed by atoms with Crippen LogP contribution in [-0.2, 0) is 0 Å². The fourth-order valence-corrected chi connectivity index (χ4v) is 0.258. The Labute approximate surface area is 55.7 Å². The summed E-state index contributed by atoms with van der Waals surface area (Å²) in [7, 11) is 0. The first-order valence-electron chi connectivity index (χ1n) is 2.96. The molecule has 0 aromatic rings. The number of amidine groups is 1. The van der Waals surface area contributed by atoms with Crippen LogP contribution in [0.5, 0.6) is 0 Å². The van der Waals surface area contributed by atoms with Crippen LogP contribution in [0.1, 0.15) is 20.8 Å². The van der Waals surface area contributed by atoms with Gasteiger partial charge in [0, 0.05) is 6.21 Å². The van der Waals surface area contributed by atoms with Gasteiger partial charge in [-0.2, -0.15) is 5.10 Å². The first-order chi connectivity index (χ1) is 4.13. The molecule has 0 heterocycles. The third kappa shape index (κ3) is 7.14. The van der Waals surface area contributed by atoms with Crippen molar-refractivity contribution in [3.63, 3.8) is 0 Å². The molecule has 0 spiro atoms. The van der Waals surface area contributed by atoms with Crippen LogP contribution in [0.15, 0.2) is 10.2 Å². The van der Waals surface area contributed by atoms with E-state index >= 15 is 0 Å². The Hall–Kier alpha value is -0.860. The fraction of sp³-hybridized carbons (Fsp3) is 0.667. The Kier molecular flexibility index (Phi) is 3.67. The molecule has 3 nitrogen and oxygen atoms in total. The Bertz CT molecular complexity index is 120. The van der Waals surface area contributed by atoms with Crippen LogP contribution in [0.4, 0.5) is 0 Å². The Balaban J connectivity index is 3.60. The van der Waals surface area contributed by atoms with Gasteiger partial charge in [-0.25, -0.2) is 0 Å². The zero-order valence-corrected chi connectivity index (χ0v) is 6.13. The number of hydrogen-bond acceptors (Lipinski definition) is 2. The SMILES string of the molecule is CC(N)=N/N=C/C(C)C. The molecule has 3 heteroatoms. The average molecular weight is 127 g/mol. The van der Waals surface area contributed by atoms with Gasteiger partial charge in [0.25, 0.3) is 0 Å². The highest BCUT2D eigenvalue weighted by atomic mass is 15.2. The molecule has 0 amide bonds. The minimum absolute atomic E-state index is 0.438. The van der Waals surface area contributed by atoms with Crippen LogP contribution in [0.25, 0.3) is 0 Å². The molecule has 0 atom stereocenters. The molecule has 0 bridgehead atoms. The lowest BCUT2D eigenvalue weighted by Gasteiger charge is -1.88. The lowest BCUT2D eigenvalue weighted by Crippen LogP contribution is -2.03. The lowest BCUT2D eigenvalue weighted by atomic mass is 10.3. The van der Waals surface area contributed by atoms with Crippen LogP contribution in [0.3, 0.4) is 0 Å². The van der Waals surface area contributed by atoms with E-state index < -0.39 is 0 Å². The molecule has 2 N–H and O–H groups in total. The molecule has 0 aliphatic rings. The van der Waals surface area contributed by atoms with E-state index in [0.29, 0.717) is 11.8 Å². The van der Waals surface area contributed by atoms with Crippen molar-refractivity contribution in [1.82, 2.24) is 0 Å². The summed E-state index contributed by atoms with van der Waals surface area (Å²) in [5.41, 5.74) is 5.21. The van der Waals surface area contributed by atoms with Gasteiger partial charge in [-0.1, -0.05) is 13.8 Å². The van der Waals surface area contributed by atoms with Crippen molar-refractivity contribution in [3.8, 4) is 0 Å². The number of hydrogen-bond donors (Lipinski definition) is 1. The van der Waals surface area contributed by atoms with Gasteiger partial charge in [-0.05, 0) is 12.8 Å². The number of nitrogens with two attached hydrogens (primary N) is 1. The minimum Gasteiger partial charge on any atom is -0.386 e. The van der Waals surface area contributed by atoms with Gasteiger partial charge in [-0.3, -0.25) is 0 Å². The molecule has 0 aromatic heterocycles. The van der Waals surface area contributed by atoms with Crippen molar-refractivity contribution in [2.75, 3.05) is 0 Å². The molecule has 0 saturated heterocycles. The second-order valence-corrected chi connectivity index (χ2v) is 2.25. The minimum atomic E-state index is 0.438. The van der Waals surface area contributed by atoms with Crippen LogP contribution in [0.2, 0.25) is 0 Å². The van der Waals surface area contributed by atoms with E-state index in [4.69, 9.17) is 5.73 Å². The van der Waals surface area contributed by atoms with Crippen molar-refractivity contribution in [2.24, 2.45) is 21.9 Å². The summed E-state index contributed by atoms with van der Waals surface area (Å²) >= 11 is 0. The van der Waals surface area contributed by atoms with Crippen molar-refractivity contribution in [2.45, 2.75) is 20.8 Å². The standard InChI is InChI=1S/C6H13N3/c1-5(2)4-8-9-6(3)7/h4-5H,1-3H3,(H2,7,9)/b8-4+. The summed E-state index contributed by atoms with van der Waals surface area (Å²) in [5.74, 6) is 0.931. The lowest BCUT2D eigenvalue weighted by molar-refractivity contribution is 0.899. The van der Waals surface area contributed by atoms with E-state index in [1.54, 1.807) is 13.1 Å². The molecule has 9 heavy (non-hydrogen) atoms. The van der Waals surface area contributed by atoms with Gasteiger partial charge >= 0.3 is 0 Å². The molecule has 52 valence electrons. The van der Waals surface area contributed by atoms with Gasteiger partial charge < -0.3 is 5.73 Å². The Morgan fingerprint density at radius 2 is 2.11 bits per heavy atom. The highest BCUT2D eigenvalue weighted by Crippen LogP contribution is 1.84. The monoisotopic (exact) mass is 127 g/mol. The fourth-order valence-electron chi connectivity index (χ4n) is 0.258. The molecule has 0 saturated carbocycles. The Morgan fingerprint density at radius 3 is 2.44 bits per heavy atom. The largest absolute Gasteiger partial charge is 0.386 e. The van der Waals surface area contributed by atoms with Crippen LogP contribution in [0, 0.1) is 5.92 Å². The van der Waals surface area contributed by atoms with E-state index in [9.17, 15) is 0 Å². The maximum Gasteiger partial charge on any atom is 0.119 e. The first-order valence-corrected chi connectivity index (χ1v) is 2.96. The zero-order chi connectivity index (χ0) is 7.28. The van der Waals surface area contributed by atoms with E-state index in [-0.39, 0.29) is 0 Å². The van der Waals surface area contributed by atoms with Gasteiger partial charge in [0.1, 0.15) is 5.84 Å². The summed E-state index contributed by atoms with van der Waals surface area (Å²) in [4.78, 5) is 0. The second kappa shape index (κ2) is 4.06. The van der Waals surface area contributed by atoms with E-state index in [2.05, 4.69) is 10.2 Å². The third-order valence-electron chi connectivity index (χ3n) is 0.580. The molecule has 0 fully saturated rings. The topological polar surface area (TPSA) is 50.7 Å². The quantitative estimate of drug-likeness (QED) is 0.336. The van der Waals surface area contributed by atoms with E-state index in [0.717, 1.165) is 0 Å². The van der Waals surface area contributed by atoms with Gasteiger partial charge in [-0.15, -0.1) is 5.10 Å². The molecule has 0 aliphatic carbocycles. The van der Waals surface area contributed by atoms with Crippen molar-refractivity contribution < 1.29 is 0 Å². The van der Waals surface area contributed by atoms with Crippen molar-refractivity contribution >= 4 is 12.1 Å².